The third-order valence-electron chi connectivity index (χ3n) is 8.65. The van der Waals surface area contributed by atoms with Crippen LogP contribution in [0.2, 0.25) is 0 Å². The summed E-state index contributed by atoms with van der Waals surface area (Å²) in [5.74, 6) is 1.87. The molecule has 0 N–H and O–H groups in total. The molecular formula is C36H33N5O6. The molecule has 0 unspecified atom stereocenters. The first kappa shape index (κ1) is 30.3. The van der Waals surface area contributed by atoms with Gasteiger partial charge in [-0.2, -0.15) is 10.2 Å². The van der Waals surface area contributed by atoms with Gasteiger partial charge in [0.2, 0.25) is 5.88 Å². The molecule has 1 atom stereocenters. The molecule has 4 bridgehead atoms. The van der Waals surface area contributed by atoms with Crippen molar-refractivity contribution in [2.75, 3.05) is 27.4 Å². The van der Waals surface area contributed by atoms with Crippen molar-refractivity contribution in [1.29, 1.82) is 5.26 Å². The number of carbonyl (C=O) groups excluding carboxylic acids is 1. The van der Waals surface area contributed by atoms with Gasteiger partial charge in [0.15, 0.2) is 5.82 Å². The van der Waals surface area contributed by atoms with Crippen LogP contribution in [0.15, 0.2) is 60.8 Å². The second-order valence-corrected chi connectivity index (χ2v) is 11.5. The normalized spacial score (nSPS) is 15.8. The Morgan fingerprint density at radius 3 is 2.70 bits per heavy atom. The van der Waals surface area contributed by atoms with E-state index in [9.17, 15) is 10.1 Å². The first-order valence-corrected chi connectivity index (χ1v) is 15.5. The van der Waals surface area contributed by atoms with Gasteiger partial charge in [-0.05, 0) is 65.4 Å². The number of benzene rings is 3. The minimum absolute atomic E-state index is 0.0544. The Labute approximate surface area is 271 Å². The molecule has 2 aliphatic rings. The summed E-state index contributed by atoms with van der Waals surface area (Å²) in [7, 11) is 2.93. The van der Waals surface area contributed by atoms with E-state index in [0.29, 0.717) is 73.3 Å². The van der Waals surface area contributed by atoms with Crippen molar-refractivity contribution in [3.8, 4) is 29.1 Å². The lowest BCUT2D eigenvalue weighted by Crippen LogP contribution is -2.31. The molecule has 11 heteroatoms. The molecule has 5 aromatic rings. The molecule has 1 fully saturated rings. The van der Waals surface area contributed by atoms with E-state index in [4.69, 9.17) is 28.7 Å². The van der Waals surface area contributed by atoms with E-state index >= 15 is 0 Å². The van der Waals surface area contributed by atoms with E-state index in [1.54, 1.807) is 37.6 Å². The highest BCUT2D eigenvalue weighted by Crippen LogP contribution is 2.32. The van der Waals surface area contributed by atoms with Crippen LogP contribution >= 0.6 is 0 Å². The molecule has 0 aliphatic carbocycles. The predicted octanol–water partition coefficient (Wildman–Crippen LogP) is 5.19. The van der Waals surface area contributed by atoms with Gasteiger partial charge in [-0.25, -0.2) is 14.8 Å². The molecule has 7 rings (SSSR count). The van der Waals surface area contributed by atoms with Crippen LogP contribution in [0.1, 0.15) is 50.4 Å². The summed E-state index contributed by atoms with van der Waals surface area (Å²) >= 11 is 0. The third kappa shape index (κ3) is 6.25. The summed E-state index contributed by atoms with van der Waals surface area (Å²) in [6.45, 7) is 2.45. The summed E-state index contributed by atoms with van der Waals surface area (Å²) in [6, 6.07) is 19.2. The van der Waals surface area contributed by atoms with E-state index in [2.05, 4.69) is 32.7 Å². The fourth-order valence-corrected chi connectivity index (χ4v) is 5.99. The van der Waals surface area contributed by atoms with Crippen LogP contribution < -0.4 is 9.47 Å². The van der Waals surface area contributed by atoms with Crippen LogP contribution in [0.25, 0.3) is 22.4 Å². The predicted molar refractivity (Wildman–Crippen MR) is 171 cm³/mol. The molecule has 1 saturated heterocycles. The molecule has 2 aliphatic heterocycles. The van der Waals surface area contributed by atoms with Gasteiger partial charge in [0.1, 0.15) is 23.7 Å². The Kier molecular flexibility index (Phi) is 8.52. The Bertz CT molecular complexity index is 2010. The van der Waals surface area contributed by atoms with Crippen molar-refractivity contribution in [2.45, 2.75) is 45.1 Å². The number of fused-ring (bicyclic) bond motifs is 7. The van der Waals surface area contributed by atoms with Crippen molar-refractivity contribution in [3.63, 3.8) is 0 Å². The number of ether oxygens (including phenoxy) is 5. The number of nitrogens with zero attached hydrogens (tertiary/aromatic N) is 5. The number of esters is 1. The molecular weight excluding hydrogens is 598 g/mol. The van der Waals surface area contributed by atoms with Gasteiger partial charge < -0.3 is 28.3 Å². The smallest absolute Gasteiger partial charge is 0.338 e. The number of hydrogen-bond acceptors (Lipinski definition) is 10. The molecule has 4 heterocycles. The van der Waals surface area contributed by atoms with Crippen molar-refractivity contribution in [3.05, 3.63) is 100.0 Å². The molecule has 47 heavy (non-hydrogen) atoms. The summed E-state index contributed by atoms with van der Waals surface area (Å²) < 4.78 is 31.0. The molecule has 238 valence electrons. The van der Waals surface area contributed by atoms with Crippen LogP contribution in [-0.4, -0.2) is 59.0 Å². The van der Waals surface area contributed by atoms with Crippen LogP contribution in [0.3, 0.4) is 0 Å². The molecule has 0 radical (unpaired) electrons. The monoisotopic (exact) mass is 631 g/mol. The second kappa shape index (κ2) is 13.2. The average molecular weight is 632 g/mol. The van der Waals surface area contributed by atoms with Gasteiger partial charge >= 0.3 is 5.97 Å². The van der Waals surface area contributed by atoms with Crippen molar-refractivity contribution in [1.82, 2.24) is 19.5 Å². The maximum Gasteiger partial charge on any atom is 0.338 e. The van der Waals surface area contributed by atoms with Gasteiger partial charge in [0.05, 0.1) is 62.8 Å². The van der Waals surface area contributed by atoms with Crippen LogP contribution in [0.5, 0.6) is 11.6 Å². The fourth-order valence-electron chi connectivity index (χ4n) is 5.99. The van der Waals surface area contributed by atoms with Crippen molar-refractivity contribution in [2.24, 2.45) is 0 Å². The molecule has 0 saturated carbocycles. The number of nitriles is 1. The van der Waals surface area contributed by atoms with Crippen molar-refractivity contribution >= 4 is 17.0 Å². The number of aromatic nitrogens is 4. The maximum atomic E-state index is 12.5. The SMILES string of the molecule is COC(=O)c1cc(OC)c2nc(Cc3ccc4cc3COCCc3cc(C#N)ccc3COc3ccnc-4n3)n(C[C@@H]3CCO3)c2c1. The van der Waals surface area contributed by atoms with Crippen LogP contribution in [0, 0.1) is 11.3 Å². The molecule has 11 nitrogen and oxygen atoms in total. The molecule has 3 aromatic carbocycles. The lowest BCUT2D eigenvalue weighted by molar-refractivity contribution is -0.0589. The summed E-state index contributed by atoms with van der Waals surface area (Å²) in [5, 5.41) is 9.48. The number of hydrogen-bond donors (Lipinski definition) is 0. The highest BCUT2D eigenvalue weighted by atomic mass is 16.5. The molecule has 0 amide bonds. The first-order chi connectivity index (χ1) is 23.0. The number of imidazole rings is 1. The van der Waals surface area contributed by atoms with Gasteiger partial charge in [-0.1, -0.05) is 18.2 Å². The van der Waals surface area contributed by atoms with Gasteiger partial charge in [-0.15, -0.1) is 0 Å². The Morgan fingerprint density at radius 1 is 1.02 bits per heavy atom. The lowest BCUT2D eigenvalue weighted by atomic mass is 10.0. The Hall–Kier alpha value is -5.31. The van der Waals surface area contributed by atoms with Gasteiger partial charge in [0.25, 0.3) is 0 Å². The first-order valence-electron chi connectivity index (χ1n) is 15.5. The average Bonchev–Trinajstić information content (AvgIpc) is 3.43. The zero-order valence-corrected chi connectivity index (χ0v) is 26.2. The van der Waals surface area contributed by atoms with E-state index in [1.165, 1.54) is 7.11 Å². The minimum atomic E-state index is -0.447. The largest absolute Gasteiger partial charge is 0.494 e. The summed E-state index contributed by atoms with van der Waals surface area (Å²) in [5.41, 5.74) is 7.24. The highest BCUT2D eigenvalue weighted by Gasteiger charge is 2.25. The minimum Gasteiger partial charge on any atom is -0.494 e. The Morgan fingerprint density at radius 2 is 1.91 bits per heavy atom. The van der Waals surface area contributed by atoms with E-state index < -0.39 is 5.97 Å². The third-order valence-corrected chi connectivity index (χ3v) is 8.65. The number of rotatable bonds is 6. The fraction of sp³-hybridized carbons (Fsp3) is 0.306. The van der Waals surface area contributed by atoms with E-state index in [0.717, 1.165) is 52.2 Å². The maximum absolute atomic E-state index is 12.5. The quantitative estimate of drug-likeness (QED) is 0.231. The van der Waals surface area contributed by atoms with Crippen LogP contribution in [-0.2, 0) is 46.8 Å². The standard InChI is InChI=1S/C36H33N5O6/c1-43-31-16-27(36(42)44-2)15-30-34(31)39-32(41(30)19-29-9-12-46-29)17-23-5-6-25-14-28(23)20-45-11-8-24-13-22(18-37)3-4-26(24)21-47-33-7-10-38-35(25)40-33/h3-7,10,13-16,29H,8-9,11-12,17,19-21H2,1-2H3/t29-/m0/s1. The van der Waals surface area contributed by atoms with Gasteiger partial charge in [-0.3, -0.25) is 0 Å². The zero-order valence-electron chi connectivity index (χ0n) is 26.2. The van der Waals surface area contributed by atoms with E-state index in [-0.39, 0.29) is 6.10 Å². The molecule has 0 spiro atoms. The second-order valence-electron chi connectivity index (χ2n) is 11.5. The van der Waals surface area contributed by atoms with E-state index in [1.807, 2.05) is 18.2 Å². The summed E-state index contributed by atoms with van der Waals surface area (Å²) in [4.78, 5) is 26.8. The topological polar surface area (TPSA) is 131 Å². The van der Waals surface area contributed by atoms with Crippen molar-refractivity contribution < 1.29 is 28.5 Å². The van der Waals surface area contributed by atoms with Gasteiger partial charge in [0, 0.05) is 30.9 Å². The summed E-state index contributed by atoms with van der Waals surface area (Å²) in [6.07, 6.45) is 3.81. The van der Waals surface area contributed by atoms with Crippen LogP contribution in [0.4, 0.5) is 0 Å². The number of methoxy groups -OCH3 is 2. The lowest BCUT2D eigenvalue weighted by Gasteiger charge is -2.27. The zero-order chi connectivity index (χ0) is 32.3. The number of carbonyl (C=O) groups is 1. The highest BCUT2D eigenvalue weighted by molar-refractivity contribution is 5.96. The Balaban J connectivity index is 1.27. The molecule has 2 aromatic heterocycles.